The molecule has 1 N–H and O–H groups in total. The minimum absolute atomic E-state index is 0.226. The molecule has 6 heteroatoms. The third kappa shape index (κ3) is 2.70. The van der Waals surface area contributed by atoms with Crippen LogP contribution in [0.4, 0.5) is 0 Å². The Morgan fingerprint density at radius 3 is 2.91 bits per heavy atom. The van der Waals surface area contributed by atoms with Gasteiger partial charge in [-0.3, -0.25) is 9.30 Å². The molecule has 0 amide bonds. The van der Waals surface area contributed by atoms with Crippen LogP contribution in [-0.4, -0.2) is 49.2 Å². The SMILES string of the molecule is CC(C)N1CCCCC1Cc1nnc2cccc(C(=O)O)n12. The fraction of sp³-hybridized carbons (Fsp3) is 0.562. The van der Waals surface area contributed by atoms with Crippen molar-refractivity contribution in [3.63, 3.8) is 0 Å². The van der Waals surface area contributed by atoms with E-state index in [4.69, 9.17) is 0 Å². The molecule has 118 valence electrons. The molecule has 1 saturated heterocycles. The summed E-state index contributed by atoms with van der Waals surface area (Å²) in [6, 6.07) is 6.00. The van der Waals surface area contributed by atoms with E-state index in [0.717, 1.165) is 25.2 Å². The molecule has 1 unspecified atom stereocenters. The van der Waals surface area contributed by atoms with Gasteiger partial charge in [-0.1, -0.05) is 12.5 Å². The Kier molecular flexibility index (Phi) is 4.11. The van der Waals surface area contributed by atoms with Gasteiger partial charge in [0.1, 0.15) is 11.5 Å². The molecule has 0 aromatic carbocycles. The third-order valence-electron chi connectivity index (χ3n) is 4.47. The van der Waals surface area contributed by atoms with E-state index in [1.54, 1.807) is 22.6 Å². The van der Waals surface area contributed by atoms with Gasteiger partial charge >= 0.3 is 5.97 Å². The largest absolute Gasteiger partial charge is 0.477 e. The zero-order valence-electron chi connectivity index (χ0n) is 13.1. The molecule has 6 nitrogen and oxygen atoms in total. The first-order valence-corrected chi connectivity index (χ1v) is 7.90. The zero-order chi connectivity index (χ0) is 15.7. The van der Waals surface area contributed by atoms with Crippen molar-refractivity contribution in [2.75, 3.05) is 6.54 Å². The van der Waals surface area contributed by atoms with Crippen molar-refractivity contribution < 1.29 is 9.90 Å². The van der Waals surface area contributed by atoms with Gasteiger partial charge in [-0.25, -0.2) is 4.79 Å². The zero-order valence-corrected chi connectivity index (χ0v) is 13.1. The lowest BCUT2D eigenvalue weighted by molar-refractivity contribution is 0.0687. The molecule has 0 spiro atoms. The van der Waals surface area contributed by atoms with Crippen molar-refractivity contribution in [3.05, 3.63) is 29.7 Å². The lowest BCUT2D eigenvalue weighted by Gasteiger charge is -2.38. The van der Waals surface area contributed by atoms with Gasteiger partial charge in [0.15, 0.2) is 5.65 Å². The van der Waals surface area contributed by atoms with Gasteiger partial charge in [0.05, 0.1) is 0 Å². The summed E-state index contributed by atoms with van der Waals surface area (Å²) in [7, 11) is 0. The number of likely N-dealkylation sites (tertiary alicyclic amines) is 1. The molecule has 3 heterocycles. The molecule has 0 radical (unpaired) electrons. The summed E-state index contributed by atoms with van der Waals surface area (Å²) in [5.41, 5.74) is 0.825. The van der Waals surface area contributed by atoms with Crippen LogP contribution in [0.25, 0.3) is 5.65 Å². The molecular formula is C16H22N4O2. The van der Waals surface area contributed by atoms with Crippen LogP contribution in [0.15, 0.2) is 18.2 Å². The Balaban J connectivity index is 1.95. The third-order valence-corrected chi connectivity index (χ3v) is 4.47. The van der Waals surface area contributed by atoms with Crippen LogP contribution in [0.2, 0.25) is 0 Å². The van der Waals surface area contributed by atoms with E-state index < -0.39 is 5.97 Å². The van der Waals surface area contributed by atoms with Crippen LogP contribution in [0.3, 0.4) is 0 Å². The van der Waals surface area contributed by atoms with Crippen molar-refractivity contribution in [2.45, 2.75) is 51.6 Å². The maximum absolute atomic E-state index is 11.4. The summed E-state index contributed by atoms with van der Waals surface area (Å²) in [5, 5.41) is 17.8. The van der Waals surface area contributed by atoms with Crippen LogP contribution in [0, 0.1) is 0 Å². The highest BCUT2D eigenvalue weighted by Gasteiger charge is 2.26. The van der Waals surface area contributed by atoms with Crippen molar-refractivity contribution >= 4 is 11.6 Å². The first-order valence-electron chi connectivity index (χ1n) is 7.90. The molecule has 0 bridgehead atoms. The van der Waals surface area contributed by atoms with Crippen molar-refractivity contribution in [3.8, 4) is 0 Å². The Hall–Kier alpha value is -1.95. The average molecular weight is 302 g/mol. The number of aromatic nitrogens is 3. The smallest absolute Gasteiger partial charge is 0.352 e. The number of fused-ring (bicyclic) bond motifs is 1. The summed E-state index contributed by atoms with van der Waals surface area (Å²) in [6.07, 6.45) is 4.32. The van der Waals surface area contributed by atoms with Gasteiger partial charge in [0.2, 0.25) is 0 Å². The maximum Gasteiger partial charge on any atom is 0.352 e. The summed E-state index contributed by atoms with van der Waals surface area (Å²) >= 11 is 0. The predicted molar refractivity (Wildman–Crippen MR) is 83.1 cm³/mol. The second-order valence-corrected chi connectivity index (χ2v) is 6.21. The van der Waals surface area contributed by atoms with E-state index >= 15 is 0 Å². The van der Waals surface area contributed by atoms with Crippen LogP contribution < -0.4 is 0 Å². The second kappa shape index (κ2) is 6.04. The normalized spacial score (nSPS) is 19.9. The molecule has 1 atom stereocenters. The number of carboxylic acids is 1. The average Bonchev–Trinajstić information content (AvgIpc) is 2.90. The lowest BCUT2D eigenvalue weighted by Crippen LogP contribution is -2.45. The number of hydrogen-bond acceptors (Lipinski definition) is 4. The van der Waals surface area contributed by atoms with Crippen LogP contribution in [-0.2, 0) is 6.42 Å². The number of piperidine rings is 1. The van der Waals surface area contributed by atoms with E-state index in [2.05, 4.69) is 28.9 Å². The van der Waals surface area contributed by atoms with Gasteiger partial charge in [0, 0.05) is 18.5 Å². The monoisotopic (exact) mass is 302 g/mol. The lowest BCUT2D eigenvalue weighted by atomic mass is 9.97. The molecule has 1 aliphatic heterocycles. The van der Waals surface area contributed by atoms with E-state index in [9.17, 15) is 9.90 Å². The van der Waals surface area contributed by atoms with E-state index in [0.29, 0.717) is 17.7 Å². The number of nitrogens with zero attached hydrogens (tertiary/aromatic N) is 4. The van der Waals surface area contributed by atoms with Crippen molar-refractivity contribution in [2.24, 2.45) is 0 Å². The first kappa shape index (κ1) is 15.0. The standard InChI is InChI=1S/C16H22N4O2/c1-11(2)19-9-4-3-6-12(19)10-15-18-17-14-8-5-7-13(16(21)22)20(14)15/h5,7-8,11-12H,3-4,6,9-10H2,1-2H3,(H,21,22). The van der Waals surface area contributed by atoms with E-state index in [-0.39, 0.29) is 5.69 Å². The Labute approximate surface area is 129 Å². The van der Waals surface area contributed by atoms with Crippen molar-refractivity contribution in [1.82, 2.24) is 19.5 Å². The fourth-order valence-electron chi connectivity index (χ4n) is 3.43. The van der Waals surface area contributed by atoms with Gasteiger partial charge in [0.25, 0.3) is 0 Å². The Morgan fingerprint density at radius 1 is 1.36 bits per heavy atom. The number of pyridine rings is 1. The molecule has 0 aliphatic carbocycles. The number of carboxylic acid groups (broad SMARTS) is 1. The topological polar surface area (TPSA) is 70.7 Å². The Morgan fingerprint density at radius 2 is 2.18 bits per heavy atom. The maximum atomic E-state index is 11.4. The molecular weight excluding hydrogens is 280 g/mol. The van der Waals surface area contributed by atoms with Gasteiger partial charge < -0.3 is 5.11 Å². The highest BCUT2D eigenvalue weighted by Crippen LogP contribution is 2.23. The first-order chi connectivity index (χ1) is 10.6. The number of rotatable bonds is 4. The number of carbonyl (C=O) groups is 1. The molecule has 2 aromatic heterocycles. The summed E-state index contributed by atoms with van der Waals surface area (Å²) in [5.74, 6) is -0.207. The molecule has 2 aromatic rings. The van der Waals surface area contributed by atoms with Crippen LogP contribution in [0.5, 0.6) is 0 Å². The van der Waals surface area contributed by atoms with Gasteiger partial charge in [-0.2, -0.15) is 0 Å². The number of aromatic carboxylic acids is 1. The highest BCUT2D eigenvalue weighted by molar-refractivity contribution is 5.86. The van der Waals surface area contributed by atoms with E-state index in [1.807, 2.05) is 0 Å². The quantitative estimate of drug-likeness (QED) is 0.938. The summed E-state index contributed by atoms with van der Waals surface area (Å²) in [6.45, 7) is 5.52. The summed E-state index contributed by atoms with van der Waals surface area (Å²) < 4.78 is 1.68. The fourth-order valence-corrected chi connectivity index (χ4v) is 3.43. The number of hydrogen-bond donors (Lipinski definition) is 1. The molecule has 3 rings (SSSR count). The second-order valence-electron chi connectivity index (χ2n) is 6.21. The molecule has 0 saturated carbocycles. The van der Waals surface area contributed by atoms with Gasteiger partial charge in [-0.15, -0.1) is 10.2 Å². The minimum Gasteiger partial charge on any atom is -0.477 e. The minimum atomic E-state index is -0.948. The Bertz CT molecular complexity index is 680. The van der Waals surface area contributed by atoms with Gasteiger partial charge in [-0.05, 0) is 45.4 Å². The van der Waals surface area contributed by atoms with Crippen LogP contribution in [0.1, 0.15) is 49.4 Å². The van der Waals surface area contributed by atoms with E-state index in [1.165, 1.54) is 12.8 Å². The summed E-state index contributed by atoms with van der Waals surface area (Å²) in [4.78, 5) is 13.9. The molecule has 1 fully saturated rings. The molecule has 22 heavy (non-hydrogen) atoms. The van der Waals surface area contributed by atoms with Crippen molar-refractivity contribution in [1.29, 1.82) is 0 Å². The highest BCUT2D eigenvalue weighted by atomic mass is 16.4. The molecule has 1 aliphatic rings. The predicted octanol–water partition coefficient (Wildman–Crippen LogP) is 2.23. The van der Waals surface area contributed by atoms with Crippen LogP contribution >= 0.6 is 0 Å².